The van der Waals surface area contributed by atoms with Crippen molar-refractivity contribution in [1.82, 2.24) is 5.32 Å². The average molecular weight is 476 g/mol. The Kier molecular flexibility index (Phi) is 9.26. The van der Waals surface area contributed by atoms with Crippen molar-refractivity contribution in [2.75, 3.05) is 44.7 Å². The first kappa shape index (κ1) is 25.8. The van der Waals surface area contributed by atoms with Crippen molar-refractivity contribution in [2.45, 2.75) is 18.9 Å². The van der Waals surface area contributed by atoms with Crippen LogP contribution in [0.1, 0.15) is 29.0 Å². The normalized spacial score (nSPS) is 10.7. The maximum atomic E-state index is 11.9. The van der Waals surface area contributed by atoms with E-state index in [4.69, 9.17) is 9.47 Å². The molecule has 0 saturated carbocycles. The maximum Gasteiger partial charge on any atom is 0.413 e. The highest BCUT2D eigenvalue weighted by molar-refractivity contribution is 5.87. The summed E-state index contributed by atoms with van der Waals surface area (Å²) in [7, 11) is 6.10. The van der Waals surface area contributed by atoms with Gasteiger partial charge < -0.3 is 14.8 Å². The fourth-order valence-corrected chi connectivity index (χ4v) is 3.95. The number of carbonyl (C=O) groups excluding carboxylic acids is 2. The zero-order valence-corrected chi connectivity index (χ0v) is 20.7. The molecule has 7 nitrogen and oxygen atoms in total. The zero-order valence-electron chi connectivity index (χ0n) is 20.7. The van der Waals surface area contributed by atoms with Gasteiger partial charge in [0.2, 0.25) is 0 Å². The van der Waals surface area contributed by atoms with Gasteiger partial charge >= 0.3 is 12.2 Å². The molecule has 1 N–H and O–H groups in total. The molecular weight excluding hydrogens is 442 g/mol. The minimum absolute atomic E-state index is 0.133. The highest BCUT2D eigenvalue weighted by Gasteiger charge is 2.17. The van der Waals surface area contributed by atoms with Crippen molar-refractivity contribution >= 4 is 23.6 Å². The van der Waals surface area contributed by atoms with Gasteiger partial charge in [-0.15, -0.1) is 0 Å². The van der Waals surface area contributed by atoms with Gasteiger partial charge in [0, 0.05) is 37.9 Å². The molecule has 0 aliphatic rings. The molecule has 0 fully saturated rings. The smallest absolute Gasteiger partial charge is 0.413 e. The summed E-state index contributed by atoms with van der Waals surface area (Å²) < 4.78 is 9.63. The first-order valence-electron chi connectivity index (χ1n) is 11.5. The van der Waals surface area contributed by atoms with Gasteiger partial charge in [-0.2, -0.15) is 0 Å². The van der Waals surface area contributed by atoms with E-state index in [1.807, 2.05) is 66.7 Å². The van der Waals surface area contributed by atoms with Crippen LogP contribution < -0.4 is 15.1 Å². The molecule has 0 atom stereocenters. The Labute approximate surface area is 207 Å². The van der Waals surface area contributed by atoms with Crippen LogP contribution in [0.5, 0.6) is 0 Å². The SMILES string of the molecule is COC(=O)N(C)c1ccc(C(CCNCc2ccccc2)c2ccc(N(C)C(=O)OC)cc2)cc1. The van der Waals surface area contributed by atoms with Crippen LogP contribution in [0.25, 0.3) is 0 Å². The Morgan fingerprint density at radius 1 is 0.743 bits per heavy atom. The summed E-state index contributed by atoms with van der Waals surface area (Å²) in [6.45, 7) is 1.63. The second-order valence-corrected chi connectivity index (χ2v) is 8.24. The Morgan fingerprint density at radius 3 is 1.63 bits per heavy atom. The second-order valence-electron chi connectivity index (χ2n) is 8.24. The number of carbonyl (C=O) groups is 2. The lowest BCUT2D eigenvalue weighted by molar-refractivity contribution is 0.179. The summed E-state index contributed by atoms with van der Waals surface area (Å²) in [4.78, 5) is 26.7. The fraction of sp³-hybridized carbons (Fsp3) is 0.286. The number of hydrogen-bond acceptors (Lipinski definition) is 5. The summed E-state index contributed by atoms with van der Waals surface area (Å²) in [6, 6.07) is 26.2. The van der Waals surface area contributed by atoms with Crippen LogP contribution in [0.4, 0.5) is 21.0 Å². The molecule has 0 unspecified atom stereocenters. The fourth-order valence-electron chi connectivity index (χ4n) is 3.95. The highest BCUT2D eigenvalue weighted by Crippen LogP contribution is 2.31. The molecule has 0 aliphatic heterocycles. The molecule has 0 radical (unpaired) electrons. The molecule has 3 aromatic carbocycles. The van der Waals surface area contributed by atoms with Crippen molar-refractivity contribution in [3.8, 4) is 0 Å². The lowest BCUT2D eigenvalue weighted by Gasteiger charge is -2.22. The van der Waals surface area contributed by atoms with Gasteiger partial charge in [0.15, 0.2) is 0 Å². The van der Waals surface area contributed by atoms with Crippen LogP contribution in [0.15, 0.2) is 78.9 Å². The summed E-state index contributed by atoms with van der Waals surface area (Å²) in [5.74, 6) is 0.133. The molecule has 0 aliphatic carbocycles. The molecule has 3 rings (SSSR count). The van der Waals surface area contributed by atoms with E-state index >= 15 is 0 Å². The monoisotopic (exact) mass is 475 g/mol. The molecule has 0 saturated heterocycles. The number of benzene rings is 3. The Bertz CT molecular complexity index is 1020. The molecule has 0 aromatic heterocycles. The first-order valence-corrected chi connectivity index (χ1v) is 11.5. The van der Waals surface area contributed by atoms with Crippen molar-refractivity contribution in [3.63, 3.8) is 0 Å². The Morgan fingerprint density at radius 2 is 1.20 bits per heavy atom. The van der Waals surface area contributed by atoms with E-state index in [9.17, 15) is 9.59 Å². The third kappa shape index (κ3) is 6.83. The molecule has 0 bridgehead atoms. The number of hydrogen-bond donors (Lipinski definition) is 1. The predicted octanol–water partition coefficient (Wildman–Crippen LogP) is 5.40. The number of rotatable bonds is 9. The van der Waals surface area contributed by atoms with E-state index in [0.29, 0.717) is 0 Å². The number of amides is 2. The van der Waals surface area contributed by atoms with Gasteiger partial charge in [-0.3, -0.25) is 9.80 Å². The van der Waals surface area contributed by atoms with Gasteiger partial charge in [-0.25, -0.2) is 9.59 Å². The third-order valence-corrected chi connectivity index (χ3v) is 6.04. The first-order chi connectivity index (χ1) is 16.9. The van der Waals surface area contributed by atoms with Gasteiger partial charge in [-0.1, -0.05) is 54.6 Å². The molecule has 35 heavy (non-hydrogen) atoms. The van der Waals surface area contributed by atoms with Gasteiger partial charge in [0.25, 0.3) is 0 Å². The number of ether oxygens (including phenoxy) is 2. The van der Waals surface area contributed by atoms with Gasteiger partial charge in [0.1, 0.15) is 0 Å². The molecule has 2 amide bonds. The standard InChI is InChI=1S/C28H33N3O4/c1-30(27(32)34-3)24-14-10-22(11-15-24)26(18-19-29-20-21-8-6-5-7-9-21)23-12-16-25(17-13-23)31(2)28(33)35-4/h5-17,26,29H,18-20H2,1-4H3. The maximum absolute atomic E-state index is 11.9. The van der Waals surface area contributed by atoms with Crippen molar-refractivity contribution in [3.05, 3.63) is 95.6 Å². The predicted molar refractivity (Wildman–Crippen MR) is 139 cm³/mol. The quantitative estimate of drug-likeness (QED) is 0.420. The topological polar surface area (TPSA) is 71.1 Å². The van der Waals surface area contributed by atoms with E-state index in [0.717, 1.165) is 42.0 Å². The Hall–Kier alpha value is -3.84. The van der Waals surface area contributed by atoms with E-state index in [-0.39, 0.29) is 5.92 Å². The van der Waals surface area contributed by atoms with Crippen molar-refractivity contribution in [2.24, 2.45) is 0 Å². The van der Waals surface area contributed by atoms with E-state index < -0.39 is 12.2 Å². The molecule has 184 valence electrons. The molecule has 0 heterocycles. The van der Waals surface area contributed by atoms with Gasteiger partial charge in [0.05, 0.1) is 14.2 Å². The van der Waals surface area contributed by atoms with Gasteiger partial charge in [-0.05, 0) is 53.9 Å². The van der Waals surface area contributed by atoms with E-state index in [1.165, 1.54) is 29.6 Å². The second kappa shape index (κ2) is 12.6. The van der Waals surface area contributed by atoms with Crippen LogP contribution in [0.2, 0.25) is 0 Å². The average Bonchev–Trinajstić information content (AvgIpc) is 2.92. The summed E-state index contributed by atoms with van der Waals surface area (Å²) in [6.07, 6.45) is 0.0556. The zero-order chi connectivity index (χ0) is 25.2. The molecule has 7 heteroatoms. The van der Waals surface area contributed by atoms with Crippen molar-refractivity contribution in [1.29, 1.82) is 0 Å². The van der Waals surface area contributed by atoms with Crippen LogP contribution in [-0.2, 0) is 16.0 Å². The van der Waals surface area contributed by atoms with Crippen LogP contribution in [-0.4, -0.2) is 47.0 Å². The van der Waals surface area contributed by atoms with Crippen LogP contribution in [0.3, 0.4) is 0 Å². The lowest BCUT2D eigenvalue weighted by Crippen LogP contribution is -2.26. The number of anilines is 2. The summed E-state index contributed by atoms with van der Waals surface area (Å²) in [5.41, 5.74) is 5.05. The summed E-state index contributed by atoms with van der Waals surface area (Å²) in [5, 5.41) is 3.54. The van der Waals surface area contributed by atoms with E-state index in [2.05, 4.69) is 17.4 Å². The molecular formula is C28H33N3O4. The van der Waals surface area contributed by atoms with Crippen molar-refractivity contribution < 1.29 is 19.1 Å². The number of nitrogens with zero attached hydrogens (tertiary/aromatic N) is 2. The number of methoxy groups -OCH3 is 2. The number of nitrogens with one attached hydrogen (secondary N) is 1. The van der Waals surface area contributed by atoms with Crippen LogP contribution >= 0.6 is 0 Å². The lowest BCUT2D eigenvalue weighted by atomic mass is 9.88. The molecule has 0 spiro atoms. The minimum atomic E-state index is -0.412. The summed E-state index contributed by atoms with van der Waals surface area (Å²) >= 11 is 0. The van der Waals surface area contributed by atoms with E-state index in [1.54, 1.807) is 14.1 Å². The largest absolute Gasteiger partial charge is 0.452 e. The highest BCUT2D eigenvalue weighted by atomic mass is 16.5. The minimum Gasteiger partial charge on any atom is -0.452 e. The Balaban J connectivity index is 1.78. The van der Waals surface area contributed by atoms with Crippen LogP contribution in [0, 0.1) is 0 Å². The molecule has 3 aromatic rings. The third-order valence-electron chi connectivity index (χ3n) is 6.04.